The van der Waals surface area contributed by atoms with Gasteiger partial charge in [0.05, 0.1) is 17.5 Å². The second kappa shape index (κ2) is 7.61. The number of fused-ring (bicyclic) bond motifs is 1. The second-order valence-corrected chi connectivity index (χ2v) is 8.37. The molecule has 3 aromatic heterocycles. The van der Waals surface area contributed by atoms with Gasteiger partial charge in [0.25, 0.3) is 0 Å². The van der Waals surface area contributed by atoms with Crippen LogP contribution in [0.25, 0.3) is 4.96 Å². The molecule has 0 amide bonds. The van der Waals surface area contributed by atoms with Crippen LogP contribution in [0.3, 0.4) is 0 Å². The highest BCUT2D eigenvalue weighted by molar-refractivity contribution is 7.17. The van der Waals surface area contributed by atoms with Gasteiger partial charge in [-0.2, -0.15) is 4.52 Å². The zero-order valence-electron chi connectivity index (χ0n) is 14.7. The van der Waals surface area contributed by atoms with E-state index in [1.165, 1.54) is 16.2 Å². The van der Waals surface area contributed by atoms with E-state index in [1.807, 2.05) is 6.92 Å². The molecular weight excluding hydrogens is 370 g/mol. The van der Waals surface area contributed by atoms with Gasteiger partial charge in [0.1, 0.15) is 0 Å². The van der Waals surface area contributed by atoms with E-state index in [2.05, 4.69) is 37.4 Å². The van der Waals surface area contributed by atoms with Crippen LogP contribution in [0.4, 0.5) is 0 Å². The Bertz CT molecular complexity index is 852. The summed E-state index contributed by atoms with van der Waals surface area (Å²) in [5.74, 6) is 0.955. The molecule has 0 aliphatic carbocycles. The predicted molar refractivity (Wildman–Crippen MR) is 103 cm³/mol. The number of rotatable bonds is 6. The summed E-state index contributed by atoms with van der Waals surface area (Å²) in [6.07, 6.45) is 0.754. The van der Waals surface area contributed by atoms with Gasteiger partial charge in [-0.15, -0.1) is 16.4 Å². The minimum Gasteiger partial charge on any atom is -0.492 e. The van der Waals surface area contributed by atoms with Crippen LogP contribution in [0.5, 0.6) is 5.88 Å². The van der Waals surface area contributed by atoms with Crippen LogP contribution in [0.2, 0.25) is 0 Å². The molecule has 1 atom stereocenters. The lowest BCUT2D eigenvalue weighted by Crippen LogP contribution is -2.48. The highest BCUT2D eigenvalue weighted by Gasteiger charge is 2.32. The molecule has 1 aliphatic heterocycles. The summed E-state index contributed by atoms with van der Waals surface area (Å²) in [6.45, 7) is 6.57. The second-order valence-electron chi connectivity index (χ2n) is 6.39. The number of thiophene rings is 1. The van der Waals surface area contributed by atoms with Crippen molar-refractivity contribution in [1.82, 2.24) is 24.4 Å². The maximum Gasteiger partial charge on any atom is 0.230 e. The Balaban J connectivity index is 1.67. The van der Waals surface area contributed by atoms with E-state index in [0.29, 0.717) is 0 Å². The molecule has 4 rings (SSSR count). The molecule has 4 heterocycles. The molecule has 0 saturated carbocycles. The predicted octanol–water partition coefficient (Wildman–Crippen LogP) is 1.82. The standard InChI is InChI=1S/C17H23N5O2S2/c1-2-13-18-17-22(19-13)16(24)15(26-17)14(12-4-3-11-25-12)21-7-5-20(6-8-21)9-10-23/h3-4,11,14,23-24H,2,5-10H2,1H3/t14-/m1/s1. The molecule has 0 aromatic carbocycles. The van der Waals surface area contributed by atoms with Crippen molar-refractivity contribution < 1.29 is 10.2 Å². The largest absolute Gasteiger partial charge is 0.492 e. The number of piperazine rings is 1. The Morgan fingerprint density at radius 3 is 2.69 bits per heavy atom. The third-order valence-electron chi connectivity index (χ3n) is 4.81. The molecule has 1 saturated heterocycles. The van der Waals surface area contributed by atoms with Gasteiger partial charge >= 0.3 is 0 Å². The zero-order valence-corrected chi connectivity index (χ0v) is 16.3. The van der Waals surface area contributed by atoms with Crippen LogP contribution < -0.4 is 0 Å². The minimum absolute atomic E-state index is 0.0184. The monoisotopic (exact) mass is 393 g/mol. The quantitative estimate of drug-likeness (QED) is 0.665. The Morgan fingerprint density at radius 2 is 2.08 bits per heavy atom. The number of β-amino-alcohol motifs (C(OH)–C–C–N with tert-alkyl or cyclic N) is 1. The Hall–Kier alpha value is -1.52. The average Bonchev–Trinajstić information content (AvgIpc) is 3.37. The van der Waals surface area contributed by atoms with Crippen molar-refractivity contribution >= 4 is 27.6 Å². The van der Waals surface area contributed by atoms with Gasteiger partial charge in [-0.05, 0) is 11.4 Å². The van der Waals surface area contributed by atoms with E-state index in [9.17, 15) is 5.11 Å². The summed E-state index contributed by atoms with van der Waals surface area (Å²) in [5.41, 5.74) is 0. The van der Waals surface area contributed by atoms with Crippen LogP contribution in [-0.4, -0.2) is 73.9 Å². The molecule has 0 radical (unpaired) electrons. The summed E-state index contributed by atoms with van der Waals surface area (Å²) >= 11 is 3.23. The number of thiazole rings is 1. The number of aryl methyl sites for hydroxylation is 1. The van der Waals surface area contributed by atoms with Crippen molar-refractivity contribution in [3.05, 3.63) is 33.1 Å². The van der Waals surface area contributed by atoms with Crippen molar-refractivity contribution in [3.8, 4) is 5.88 Å². The van der Waals surface area contributed by atoms with Gasteiger partial charge < -0.3 is 10.2 Å². The van der Waals surface area contributed by atoms with Gasteiger partial charge in [-0.25, -0.2) is 4.98 Å². The van der Waals surface area contributed by atoms with Crippen molar-refractivity contribution in [2.45, 2.75) is 19.4 Å². The number of aromatic hydroxyl groups is 1. The first-order valence-corrected chi connectivity index (χ1v) is 10.6. The molecule has 0 spiro atoms. The highest BCUT2D eigenvalue weighted by Crippen LogP contribution is 2.41. The maximum absolute atomic E-state index is 10.8. The summed E-state index contributed by atoms with van der Waals surface area (Å²) in [5, 5.41) is 26.5. The van der Waals surface area contributed by atoms with Crippen molar-refractivity contribution in [2.75, 3.05) is 39.3 Å². The first-order chi connectivity index (χ1) is 12.7. The average molecular weight is 394 g/mol. The fourth-order valence-electron chi connectivity index (χ4n) is 3.43. The summed E-state index contributed by atoms with van der Waals surface area (Å²) in [7, 11) is 0. The number of aliphatic hydroxyl groups excluding tert-OH is 1. The fourth-order valence-corrected chi connectivity index (χ4v) is 5.50. The van der Waals surface area contributed by atoms with Gasteiger partial charge in [0.2, 0.25) is 10.8 Å². The minimum atomic E-state index is 0.0184. The number of aromatic nitrogens is 3. The van der Waals surface area contributed by atoms with Gasteiger partial charge in [0.15, 0.2) is 5.82 Å². The van der Waals surface area contributed by atoms with Crippen molar-refractivity contribution in [3.63, 3.8) is 0 Å². The molecule has 140 valence electrons. The summed E-state index contributed by atoms with van der Waals surface area (Å²) in [4.78, 5) is 12.1. The Morgan fingerprint density at radius 1 is 1.27 bits per heavy atom. The Kier molecular flexibility index (Phi) is 5.23. The number of aliphatic hydroxyl groups is 1. The third kappa shape index (κ3) is 3.25. The first kappa shape index (κ1) is 17.9. The summed E-state index contributed by atoms with van der Waals surface area (Å²) < 4.78 is 1.57. The molecule has 2 N–H and O–H groups in total. The first-order valence-electron chi connectivity index (χ1n) is 8.89. The van der Waals surface area contributed by atoms with E-state index in [-0.39, 0.29) is 18.5 Å². The van der Waals surface area contributed by atoms with Crippen LogP contribution in [0.15, 0.2) is 17.5 Å². The van der Waals surface area contributed by atoms with Crippen LogP contribution in [-0.2, 0) is 6.42 Å². The maximum atomic E-state index is 10.8. The molecule has 9 heteroatoms. The van der Waals surface area contributed by atoms with Gasteiger partial charge in [-0.1, -0.05) is 24.3 Å². The lowest BCUT2D eigenvalue weighted by molar-refractivity contribution is 0.0954. The SMILES string of the molecule is CCc1nc2sc([C@@H](c3cccs3)N3CCN(CCO)CC3)c(O)n2n1. The van der Waals surface area contributed by atoms with E-state index in [0.717, 1.165) is 54.8 Å². The van der Waals surface area contributed by atoms with Crippen LogP contribution in [0, 0.1) is 0 Å². The highest BCUT2D eigenvalue weighted by atomic mass is 32.1. The molecule has 3 aromatic rings. The number of hydrogen-bond acceptors (Lipinski definition) is 8. The van der Waals surface area contributed by atoms with Gasteiger partial charge in [0, 0.05) is 44.0 Å². The van der Waals surface area contributed by atoms with Crippen LogP contribution in [0.1, 0.15) is 28.5 Å². The van der Waals surface area contributed by atoms with Gasteiger partial charge in [-0.3, -0.25) is 9.80 Å². The molecule has 26 heavy (non-hydrogen) atoms. The molecule has 7 nitrogen and oxygen atoms in total. The number of hydrogen-bond donors (Lipinski definition) is 2. The van der Waals surface area contributed by atoms with E-state index in [4.69, 9.17) is 5.11 Å². The molecule has 0 unspecified atom stereocenters. The van der Waals surface area contributed by atoms with E-state index >= 15 is 0 Å². The topological polar surface area (TPSA) is 77.1 Å². The summed E-state index contributed by atoms with van der Waals surface area (Å²) in [6, 6.07) is 4.20. The van der Waals surface area contributed by atoms with Crippen molar-refractivity contribution in [2.24, 2.45) is 0 Å². The Labute approximate surface area is 160 Å². The number of nitrogens with zero attached hydrogens (tertiary/aromatic N) is 5. The molecule has 1 aliphatic rings. The van der Waals surface area contributed by atoms with E-state index < -0.39 is 0 Å². The molecule has 0 bridgehead atoms. The normalized spacial score (nSPS) is 17.9. The lowest BCUT2D eigenvalue weighted by atomic mass is 10.1. The molecule has 1 fully saturated rings. The zero-order chi connectivity index (χ0) is 18.1. The molecular formula is C17H23N5O2S2. The smallest absolute Gasteiger partial charge is 0.230 e. The van der Waals surface area contributed by atoms with Crippen LogP contribution >= 0.6 is 22.7 Å². The lowest BCUT2D eigenvalue weighted by Gasteiger charge is -2.38. The third-order valence-corrected chi connectivity index (χ3v) is 6.81. The fraction of sp³-hybridized carbons (Fsp3) is 0.529. The van der Waals surface area contributed by atoms with E-state index in [1.54, 1.807) is 15.9 Å². The van der Waals surface area contributed by atoms with Crippen molar-refractivity contribution in [1.29, 1.82) is 0 Å².